The van der Waals surface area contributed by atoms with Crippen LogP contribution in [0.5, 0.6) is 0 Å². The SMILES string of the molecule is CC(C)B(F)F. The van der Waals surface area contributed by atoms with E-state index in [2.05, 4.69) is 0 Å². The van der Waals surface area contributed by atoms with Crippen LogP contribution in [0.3, 0.4) is 0 Å². The summed E-state index contributed by atoms with van der Waals surface area (Å²) in [5, 5.41) is 0. The van der Waals surface area contributed by atoms with E-state index in [1.165, 1.54) is 13.8 Å². The highest BCUT2D eigenvalue weighted by atomic mass is 19.2. The Bertz CT molecular complexity index is 29.8. The Morgan fingerprint density at radius 2 is 1.50 bits per heavy atom. The molecular formula is C3H7BF2. The first kappa shape index (κ1) is 5.92. The summed E-state index contributed by atoms with van der Waals surface area (Å²) in [6.45, 7) is 2.98. The van der Waals surface area contributed by atoms with Crippen LogP contribution >= 0.6 is 0 Å². The van der Waals surface area contributed by atoms with Gasteiger partial charge >= 0.3 is 7.27 Å². The molecule has 0 bridgehead atoms. The van der Waals surface area contributed by atoms with E-state index in [1.54, 1.807) is 0 Å². The molecule has 0 aliphatic heterocycles. The summed E-state index contributed by atoms with van der Waals surface area (Å²) in [4.78, 5) is 0. The molecule has 0 saturated heterocycles. The van der Waals surface area contributed by atoms with Crippen LogP contribution < -0.4 is 0 Å². The molecule has 3 heteroatoms. The number of hydrogen-bond donors (Lipinski definition) is 0. The lowest BCUT2D eigenvalue weighted by molar-refractivity contribution is 0.625. The zero-order chi connectivity index (χ0) is 5.15. The van der Waals surface area contributed by atoms with Crippen LogP contribution in [-0.2, 0) is 0 Å². The third-order valence-electron chi connectivity index (χ3n) is 0.504. The molecule has 0 spiro atoms. The molecule has 0 nitrogen and oxygen atoms in total. The summed E-state index contributed by atoms with van der Waals surface area (Å²) in [6.07, 6.45) is 0. The van der Waals surface area contributed by atoms with Crippen LogP contribution in [0.15, 0.2) is 0 Å². The zero-order valence-electron chi connectivity index (χ0n) is 3.91. The molecule has 0 aromatic rings. The van der Waals surface area contributed by atoms with Gasteiger partial charge in [0.2, 0.25) is 0 Å². The summed E-state index contributed by atoms with van der Waals surface area (Å²) < 4.78 is 22.3. The van der Waals surface area contributed by atoms with Gasteiger partial charge in [-0.15, -0.1) is 0 Å². The molecule has 0 unspecified atom stereocenters. The van der Waals surface area contributed by atoms with Crippen molar-refractivity contribution < 1.29 is 8.63 Å². The average molecular weight is 91.9 g/mol. The zero-order valence-corrected chi connectivity index (χ0v) is 3.91. The molecule has 0 aliphatic carbocycles. The third-order valence-corrected chi connectivity index (χ3v) is 0.504. The lowest BCUT2D eigenvalue weighted by Gasteiger charge is -1.91. The summed E-state index contributed by atoms with van der Waals surface area (Å²) >= 11 is 0. The average Bonchev–Trinajstić information content (AvgIpc) is 1.36. The van der Waals surface area contributed by atoms with Crippen molar-refractivity contribution in [1.82, 2.24) is 0 Å². The number of rotatable bonds is 1. The highest BCUT2D eigenvalue weighted by Gasteiger charge is 2.16. The van der Waals surface area contributed by atoms with E-state index < -0.39 is 13.1 Å². The first-order valence-electron chi connectivity index (χ1n) is 1.92. The van der Waals surface area contributed by atoms with Crippen LogP contribution in [0.25, 0.3) is 0 Å². The van der Waals surface area contributed by atoms with E-state index in [9.17, 15) is 8.63 Å². The van der Waals surface area contributed by atoms with Crippen molar-refractivity contribution in [2.24, 2.45) is 0 Å². The number of halogens is 2. The van der Waals surface area contributed by atoms with Crippen molar-refractivity contribution in [3.05, 3.63) is 0 Å². The van der Waals surface area contributed by atoms with Gasteiger partial charge in [-0.1, -0.05) is 13.8 Å². The van der Waals surface area contributed by atoms with E-state index in [1.807, 2.05) is 0 Å². The summed E-state index contributed by atoms with van der Waals surface area (Å²) in [5.41, 5.74) is 0. The van der Waals surface area contributed by atoms with Crippen LogP contribution in [0.1, 0.15) is 13.8 Å². The van der Waals surface area contributed by atoms with Crippen LogP contribution in [-0.4, -0.2) is 7.27 Å². The normalized spacial score (nSPS) is 9.50. The fraction of sp³-hybridized carbons (Fsp3) is 1.00. The van der Waals surface area contributed by atoms with Crippen LogP contribution in [0, 0.1) is 0 Å². The first-order chi connectivity index (χ1) is 2.64. The summed E-state index contributed by atoms with van der Waals surface area (Å²) in [5.74, 6) is -0.481. The molecule has 6 heavy (non-hydrogen) atoms. The van der Waals surface area contributed by atoms with Gasteiger partial charge in [0.1, 0.15) is 0 Å². The fourth-order valence-electron chi connectivity index (χ4n) is 0. The topological polar surface area (TPSA) is 0 Å². The Balaban J connectivity index is 2.99. The van der Waals surface area contributed by atoms with Crippen molar-refractivity contribution in [1.29, 1.82) is 0 Å². The maximum Gasteiger partial charge on any atom is 0.540 e. The second-order valence-electron chi connectivity index (χ2n) is 1.58. The van der Waals surface area contributed by atoms with Gasteiger partial charge in [-0.3, -0.25) is 8.63 Å². The van der Waals surface area contributed by atoms with Gasteiger partial charge in [-0.2, -0.15) is 0 Å². The van der Waals surface area contributed by atoms with E-state index in [4.69, 9.17) is 0 Å². The molecule has 0 fully saturated rings. The third kappa shape index (κ3) is 2.18. The standard InChI is InChI=1S/C3H7BF2/c1-3(2)4(5)6/h3H,1-2H3. The second-order valence-corrected chi connectivity index (χ2v) is 1.58. The van der Waals surface area contributed by atoms with Gasteiger partial charge in [0.05, 0.1) is 0 Å². The van der Waals surface area contributed by atoms with E-state index >= 15 is 0 Å². The quantitative estimate of drug-likeness (QED) is 0.432. The molecule has 0 heterocycles. The van der Waals surface area contributed by atoms with Crippen molar-refractivity contribution >= 4 is 7.27 Å². The Labute approximate surface area is 36.7 Å². The van der Waals surface area contributed by atoms with Crippen molar-refractivity contribution in [3.8, 4) is 0 Å². The van der Waals surface area contributed by atoms with Crippen LogP contribution in [0.4, 0.5) is 8.63 Å². The molecular weight excluding hydrogens is 84.8 g/mol. The highest BCUT2D eigenvalue weighted by Crippen LogP contribution is 2.07. The molecule has 0 rings (SSSR count). The van der Waals surface area contributed by atoms with Crippen molar-refractivity contribution in [3.63, 3.8) is 0 Å². The summed E-state index contributed by atoms with van der Waals surface area (Å²) in [7, 11) is -2.15. The summed E-state index contributed by atoms with van der Waals surface area (Å²) in [6, 6.07) is 0. The molecule has 0 N–H and O–H groups in total. The highest BCUT2D eigenvalue weighted by molar-refractivity contribution is 6.44. The Kier molecular flexibility index (Phi) is 2.13. The smallest absolute Gasteiger partial charge is 0.287 e. The molecule has 0 aliphatic rings. The fourth-order valence-corrected chi connectivity index (χ4v) is 0. The molecule has 0 amide bonds. The Morgan fingerprint density at radius 1 is 1.33 bits per heavy atom. The predicted octanol–water partition coefficient (Wildman–Crippen LogP) is 1.82. The maximum absolute atomic E-state index is 11.2. The van der Waals surface area contributed by atoms with Crippen molar-refractivity contribution in [2.75, 3.05) is 0 Å². The largest absolute Gasteiger partial charge is 0.540 e. The monoisotopic (exact) mass is 92.1 g/mol. The predicted molar refractivity (Wildman–Crippen MR) is 23.1 cm³/mol. The minimum atomic E-state index is -2.15. The molecule has 36 valence electrons. The van der Waals surface area contributed by atoms with E-state index in [0.29, 0.717) is 0 Å². The molecule has 0 atom stereocenters. The van der Waals surface area contributed by atoms with Crippen molar-refractivity contribution in [2.45, 2.75) is 19.7 Å². The molecule has 0 saturated carbocycles. The lowest BCUT2D eigenvalue weighted by atomic mass is 9.82. The maximum atomic E-state index is 11.2. The Hall–Kier alpha value is -0.0751. The van der Waals surface area contributed by atoms with Gasteiger partial charge < -0.3 is 0 Å². The Morgan fingerprint density at radius 3 is 1.50 bits per heavy atom. The van der Waals surface area contributed by atoms with E-state index in [-0.39, 0.29) is 0 Å². The van der Waals surface area contributed by atoms with Crippen LogP contribution in [0.2, 0.25) is 5.82 Å². The number of hydrogen-bond acceptors (Lipinski definition) is 0. The minimum Gasteiger partial charge on any atom is -0.287 e. The van der Waals surface area contributed by atoms with Gasteiger partial charge in [0.15, 0.2) is 0 Å². The van der Waals surface area contributed by atoms with E-state index in [0.717, 1.165) is 0 Å². The molecule has 0 radical (unpaired) electrons. The lowest BCUT2D eigenvalue weighted by Crippen LogP contribution is -1.99. The van der Waals surface area contributed by atoms with Gasteiger partial charge in [0, 0.05) is 0 Å². The van der Waals surface area contributed by atoms with Gasteiger partial charge in [0.25, 0.3) is 0 Å². The molecule has 0 aromatic heterocycles. The minimum absolute atomic E-state index is 0.481. The van der Waals surface area contributed by atoms with Gasteiger partial charge in [-0.25, -0.2) is 0 Å². The molecule has 0 aromatic carbocycles. The van der Waals surface area contributed by atoms with Gasteiger partial charge in [-0.05, 0) is 5.82 Å². The second kappa shape index (κ2) is 2.16. The first-order valence-corrected chi connectivity index (χ1v) is 1.92.